The molecule has 164 valence electrons. The topological polar surface area (TPSA) is 86.8 Å². The summed E-state index contributed by atoms with van der Waals surface area (Å²) in [5, 5.41) is 3.48. The van der Waals surface area contributed by atoms with E-state index in [1.807, 2.05) is 12.1 Å². The van der Waals surface area contributed by atoms with Crippen LogP contribution in [0.2, 0.25) is 5.02 Å². The summed E-state index contributed by atoms with van der Waals surface area (Å²) in [7, 11) is -3.57. The first kappa shape index (κ1) is 21.8. The van der Waals surface area contributed by atoms with Crippen molar-refractivity contribution >= 4 is 39.1 Å². The zero-order chi connectivity index (χ0) is 22.2. The lowest BCUT2D eigenvalue weighted by Crippen LogP contribution is -2.47. The number of amides is 2. The maximum Gasteiger partial charge on any atom is 0.243 e. The van der Waals surface area contributed by atoms with Crippen LogP contribution in [0.3, 0.4) is 0 Å². The summed E-state index contributed by atoms with van der Waals surface area (Å²) < 4.78 is 27.3. The lowest BCUT2D eigenvalue weighted by Gasteiger charge is -2.23. The van der Waals surface area contributed by atoms with Gasteiger partial charge in [0.25, 0.3) is 0 Å². The van der Waals surface area contributed by atoms with Gasteiger partial charge in [-0.2, -0.15) is 4.31 Å². The Bertz CT molecular complexity index is 1110. The van der Waals surface area contributed by atoms with E-state index in [1.54, 1.807) is 24.3 Å². The number of nitrogens with one attached hydrogen (secondary N) is 1. The maximum atomic E-state index is 12.9. The monoisotopic (exact) mass is 461 g/mol. The van der Waals surface area contributed by atoms with Crippen molar-refractivity contribution in [3.63, 3.8) is 0 Å². The van der Waals surface area contributed by atoms with Crippen molar-refractivity contribution < 1.29 is 18.0 Å². The van der Waals surface area contributed by atoms with Gasteiger partial charge >= 0.3 is 0 Å². The fourth-order valence-corrected chi connectivity index (χ4v) is 5.87. The summed E-state index contributed by atoms with van der Waals surface area (Å²) in [5.74, 6) is -0.550. The molecule has 0 bridgehead atoms. The zero-order valence-corrected chi connectivity index (χ0v) is 18.7. The third kappa shape index (κ3) is 4.33. The highest BCUT2D eigenvalue weighted by molar-refractivity contribution is 7.89. The fraction of sp³-hybridized carbons (Fsp3) is 0.364. The van der Waals surface area contributed by atoms with E-state index in [0.29, 0.717) is 35.9 Å². The summed E-state index contributed by atoms with van der Waals surface area (Å²) in [6.07, 6.45) is 1.99. The summed E-state index contributed by atoms with van der Waals surface area (Å²) in [6.45, 7) is 2.76. The molecular formula is C22H24ClN3O4S. The van der Waals surface area contributed by atoms with Gasteiger partial charge < -0.3 is 5.32 Å². The van der Waals surface area contributed by atoms with Crippen molar-refractivity contribution in [1.82, 2.24) is 9.62 Å². The van der Waals surface area contributed by atoms with E-state index in [0.717, 1.165) is 18.4 Å². The summed E-state index contributed by atoms with van der Waals surface area (Å²) in [4.78, 5) is 26.9. The lowest BCUT2D eigenvalue weighted by molar-refractivity contribution is -0.125. The van der Waals surface area contributed by atoms with E-state index in [1.165, 1.54) is 22.2 Å². The highest BCUT2D eigenvalue weighted by Crippen LogP contribution is 2.35. The number of carbonyl (C=O) groups excluding carboxylic acids is 2. The summed E-state index contributed by atoms with van der Waals surface area (Å²) >= 11 is 5.89. The molecular weight excluding hydrogens is 438 g/mol. The Kier molecular flexibility index (Phi) is 6.05. The van der Waals surface area contributed by atoms with Crippen LogP contribution in [0.25, 0.3) is 0 Å². The van der Waals surface area contributed by atoms with Crippen molar-refractivity contribution in [3.8, 4) is 0 Å². The zero-order valence-electron chi connectivity index (χ0n) is 17.2. The minimum absolute atomic E-state index is 0.207. The molecule has 9 heteroatoms. The van der Waals surface area contributed by atoms with Gasteiger partial charge in [-0.3, -0.25) is 14.5 Å². The number of carbonyl (C=O) groups is 2. The molecule has 2 aliphatic rings. The molecule has 4 rings (SSSR count). The highest BCUT2D eigenvalue weighted by Gasteiger charge is 2.38. The maximum absolute atomic E-state index is 12.9. The molecule has 2 aromatic carbocycles. The Labute approximate surface area is 187 Å². The average Bonchev–Trinajstić information content (AvgIpc) is 3.41. The average molecular weight is 462 g/mol. The van der Waals surface area contributed by atoms with Gasteiger partial charge in [-0.25, -0.2) is 8.42 Å². The molecule has 1 fully saturated rings. The smallest absolute Gasteiger partial charge is 0.243 e. The van der Waals surface area contributed by atoms with Crippen LogP contribution in [-0.4, -0.2) is 43.7 Å². The quantitative estimate of drug-likeness (QED) is 0.741. The molecule has 31 heavy (non-hydrogen) atoms. The number of halogens is 1. The second-order valence-corrected chi connectivity index (χ2v) is 10.2. The van der Waals surface area contributed by atoms with E-state index in [-0.39, 0.29) is 23.1 Å². The van der Waals surface area contributed by atoms with Crippen LogP contribution in [0.5, 0.6) is 0 Å². The number of anilines is 1. The van der Waals surface area contributed by atoms with Crippen LogP contribution in [0, 0.1) is 0 Å². The number of rotatable bonds is 5. The second kappa shape index (κ2) is 8.61. The molecule has 0 saturated carbocycles. The number of nitrogens with zero attached hydrogens (tertiary/aromatic N) is 2. The number of benzene rings is 2. The Morgan fingerprint density at radius 2 is 1.77 bits per heavy atom. The molecule has 1 N–H and O–H groups in total. The van der Waals surface area contributed by atoms with Crippen LogP contribution in [0.15, 0.2) is 47.4 Å². The van der Waals surface area contributed by atoms with E-state index in [9.17, 15) is 18.0 Å². The van der Waals surface area contributed by atoms with Crippen molar-refractivity contribution in [2.45, 2.75) is 43.7 Å². The molecule has 0 aromatic heterocycles. The van der Waals surface area contributed by atoms with Crippen LogP contribution < -0.4 is 10.2 Å². The van der Waals surface area contributed by atoms with E-state index in [4.69, 9.17) is 11.6 Å². The van der Waals surface area contributed by atoms with Crippen LogP contribution in [-0.2, 0) is 32.6 Å². The molecule has 2 amide bonds. The van der Waals surface area contributed by atoms with Gasteiger partial charge in [-0.15, -0.1) is 0 Å². The molecule has 0 radical (unpaired) electrons. The SMILES string of the molecule is CC(=O)N1c2ccc(S(=O)(=O)N3CCCC3)cc2C[C@@H]1C(=O)NCc1ccc(Cl)cc1. The van der Waals surface area contributed by atoms with Crippen molar-refractivity contribution in [3.05, 3.63) is 58.6 Å². The minimum atomic E-state index is -3.57. The van der Waals surface area contributed by atoms with Gasteiger partial charge in [-0.05, 0) is 54.3 Å². The van der Waals surface area contributed by atoms with Gasteiger partial charge in [0.15, 0.2) is 0 Å². The number of fused-ring (bicyclic) bond motifs is 1. The third-order valence-corrected chi connectivity index (χ3v) is 7.91. The van der Waals surface area contributed by atoms with Gasteiger partial charge in [0.2, 0.25) is 21.8 Å². The minimum Gasteiger partial charge on any atom is -0.350 e. The first-order chi connectivity index (χ1) is 14.8. The number of sulfonamides is 1. The van der Waals surface area contributed by atoms with Gasteiger partial charge in [-0.1, -0.05) is 23.7 Å². The molecule has 0 unspecified atom stereocenters. The Hall–Kier alpha value is -2.42. The third-order valence-electron chi connectivity index (χ3n) is 5.76. The molecule has 0 spiro atoms. The fourth-order valence-electron chi connectivity index (χ4n) is 4.17. The van der Waals surface area contributed by atoms with Crippen molar-refractivity contribution in [2.24, 2.45) is 0 Å². The molecule has 1 saturated heterocycles. The first-order valence-electron chi connectivity index (χ1n) is 10.2. The van der Waals surface area contributed by atoms with Crippen LogP contribution in [0.4, 0.5) is 5.69 Å². The predicted octanol–water partition coefficient (Wildman–Crippen LogP) is 2.72. The van der Waals surface area contributed by atoms with E-state index < -0.39 is 16.1 Å². The van der Waals surface area contributed by atoms with Gasteiger partial charge in [0.1, 0.15) is 6.04 Å². The highest BCUT2D eigenvalue weighted by atomic mass is 35.5. The molecule has 1 atom stereocenters. The van der Waals surface area contributed by atoms with Crippen molar-refractivity contribution in [2.75, 3.05) is 18.0 Å². The number of hydrogen-bond acceptors (Lipinski definition) is 4. The standard InChI is InChI=1S/C22H24ClN3O4S/c1-15(27)26-20-9-8-19(31(29,30)25-10-2-3-11-25)12-17(20)13-21(26)22(28)24-14-16-4-6-18(23)7-5-16/h4-9,12,21H,2-3,10-11,13-14H2,1H3,(H,24,28)/t21-/m1/s1. The molecule has 2 aromatic rings. The molecule has 2 aliphatic heterocycles. The van der Waals surface area contributed by atoms with E-state index >= 15 is 0 Å². The van der Waals surface area contributed by atoms with Crippen molar-refractivity contribution in [1.29, 1.82) is 0 Å². The van der Waals surface area contributed by atoms with Gasteiger partial charge in [0, 0.05) is 43.7 Å². The number of hydrogen-bond donors (Lipinski definition) is 1. The normalized spacial score (nSPS) is 18.8. The Morgan fingerprint density at radius 1 is 1.10 bits per heavy atom. The van der Waals surface area contributed by atoms with Crippen LogP contribution >= 0.6 is 11.6 Å². The summed E-state index contributed by atoms with van der Waals surface area (Å²) in [5.41, 5.74) is 2.16. The first-order valence-corrected chi connectivity index (χ1v) is 12.0. The molecule has 2 heterocycles. The lowest BCUT2D eigenvalue weighted by atomic mass is 10.1. The van der Waals surface area contributed by atoms with Gasteiger partial charge in [0.05, 0.1) is 4.90 Å². The Balaban J connectivity index is 1.54. The predicted molar refractivity (Wildman–Crippen MR) is 118 cm³/mol. The second-order valence-electron chi connectivity index (χ2n) is 7.85. The molecule has 7 nitrogen and oxygen atoms in total. The molecule has 0 aliphatic carbocycles. The van der Waals surface area contributed by atoms with Crippen LogP contribution in [0.1, 0.15) is 30.9 Å². The van der Waals surface area contributed by atoms with E-state index in [2.05, 4.69) is 5.32 Å². The largest absolute Gasteiger partial charge is 0.350 e. The Morgan fingerprint density at radius 3 is 2.42 bits per heavy atom. The summed E-state index contributed by atoms with van der Waals surface area (Å²) in [6, 6.07) is 11.2.